The van der Waals surface area contributed by atoms with E-state index < -0.39 is 0 Å². The van der Waals surface area contributed by atoms with Gasteiger partial charge in [-0.1, -0.05) is 44.9 Å². The molecule has 0 aromatic heterocycles. The molecule has 0 spiro atoms. The number of nitrogens with zero attached hydrogens (tertiary/aromatic N) is 1. The predicted octanol–water partition coefficient (Wildman–Crippen LogP) is 4.78. The molecule has 0 amide bonds. The minimum Gasteiger partial charge on any atom is -0.299 e. The molecule has 0 saturated heterocycles. The first-order chi connectivity index (χ1) is 9.74. The Balaban J connectivity index is 1.70. The first-order valence-electron chi connectivity index (χ1n) is 8.20. The normalized spacial score (nSPS) is 22.9. The van der Waals surface area contributed by atoms with Crippen LogP contribution in [0.25, 0.3) is 0 Å². The van der Waals surface area contributed by atoms with Gasteiger partial charge in [0.2, 0.25) is 0 Å². The lowest BCUT2D eigenvalue weighted by Gasteiger charge is -2.32. The number of hydrogen-bond donors (Lipinski definition) is 0. The molecule has 0 bridgehead atoms. The van der Waals surface area contributed by atoms with E-state index >= 15 is 0 Å². The molecule has 0 radical (unpaired) electrons. The van der Waals surface area contributed by atoms with Crippen molar-refractivity contribution in [1.82, 2.24) is 4.90 Å². The lowest BCUT2D eigenvalue weighted by molar-refractivity contribution is 0.169. The number of rotatable bonds is 5. The van der Waals surface area contributed by atoms with Crippen molar-refractivity contribution in [3.8, 4) is 0 Å². The molecule has 1 unspecified atom stereocenters. The predicted molar refractivity (Wildman–Crippen MR) is 88.6 cm³/mol. The summed E-state index contributed by atoms with van der Waals surface area (Å²) >= 11 is 2.05. The van der Waals surface area contributed by atoms with E-state index in [-0.39, 0.29) is 0 Å². The Kier molecular flexibility index (Phi) is 4.72. The third-order valence-electron chi connectivity index (χ3n) is 4.69. The third kappa shape index (κ3) is 3.23. The van der Waals surface area contributed by atoms with Crippen LogP contribution in [0.3, 0.4) is 0 Å². The van der Waals surface area contributed by atoms with Crippen LogP contribution in [0.1, 0.15) is 51.0 Å². The van der Waals surface area contributed by atoms with Crippen LogP contribution >= 0.6 is 11.8 Å². The zero-order chi connectivity index (χ0) is 13.9. The van der Waals surface area contributed by atoms with Crippen LogP contribution in [0.2, 0.25) is 0 Å². The van der Waals surface area contributed by atoms with E-state index in [1.807, 2.05) is 0 Å². The van der Waals surface area contributed by atoms with Crippen molar-refractivity contribution in [2.45, 2.75) is 56.4 Å². The Labute approximate surface area is 128 Å². The fourth-order valence-electron chi connectivity index (χ4n) is 3.77. The third-order valence-corrected chi connectivity index (χ3v) is 5.95. The van der Waals surface area contributed by atoms with Crippen molar-refractivity contribution >= 4 is 11.8 Å². The molecule has 0 N–H and O–H groups in total. The fraction of sp³-hybridized carbons (Fsp3) is 0.667. The van der Waals surface area contributed by atoms with Crippen LogP contribution in [-0.4, -0.2) is 29.8 Å². The smallest absolute Gasteiger partial charge is 0.0108 e. The van der Waals surface area contributed by atoms with Crippen LogP contribution in [-0.2, 0) is 0 Å². The number of hydrogen-bond acceptors (Lipinski definition) is 2. The first-order valence-corrected chi connectivity index (χ1v) is 9.18. The van der Waals surface area contributed by atoms with E-state index in [1.54, 1.807) is 5.56 Å². The Morgan fingerprint density at radius 1 is 1.20 bits per heavy atom. The summed E-state index contributed by atoms with van der Waals surface area (Å²) in [4.78, 5) is 4.33. The van der Waals surface area contributed by atoms with Crippen LogP contribution in [0.15, 0.2) is 29.2 Å². The van der Waals surface area contributed by atoms with Crippen LogP contribution in [0, 0.1) is 5.92 Å². The van der Waals surface area contributed by atoms with Gasteiger partial charge in [-0.3, -0.25) is 4.90 Å². The van der Waals surface area contributed by atoms with E-state index in [0.29, 0.717) is 0 Å². The SMILES string of the molecule is CC(C)CN(CC1CSc2ccccc21)C1CCCC1. The summed E-state index contributed by atoms with van der Waals surface area (Å²) in [6, 6.07) is 9.89. The highest BCUT2D eigenvalue weighted by atomic mass is 32.2. The number of thioether (sulfide) groups is 1. The van der Waals surface area contributed by atoms with Gasteiger partial charge >= 0.3 is 0 Å². The first kappa shape index (κ1) is 14.5. The summed E-state index contributed by atoms with van der Waals surface area (Å²) in [5, 5.41) is 0. The standard InChI is InChI=1S/C18H27NS/c1-14(2)11-19(16-7-3-4-8-16)12-15-13-20-18-10-6-5-9-17(15)18/h5-6,9-10,14-16H,3-4,7-8,11-13H2,1-2H3. The van der Waals surface area contributed by atoms with Crippen molar-refractivity contribution in [3.63, 3.8) is 0 Å². The van der Waals surface area contributed by atoms with Gasteiger partial charge in [-0.25, -0.2) is 0 Å². The summed E-state index contributed by atoms with van der Waals surface area (Å²) in [5.74, 6) is 2.80. The molecule has 1 aromatic carbocycles. The summed E-state index contributed by atoms with van der Waals surface area (Å²) in [7, 11) is 0. The molecule has 2 heteroatoms. The second-order valence-electron chi connectivity index (χ2n) is 6.83. The van der Waals surface area contributed by atoms with Crippen molar-refractivity contribution < 1.29 is 0 Å². The number of fused-ring (bicyclic) bond motifs is 1. The fourth-order valence-corrected chi connectivity index (χ4v) is 5.02. The maximum Gasteiger partial charge on any atom is 0.0108 e. The van der Waals surface area contributed by atoms with E-state index in [1.165, 1.54) is 49.4 Å². The highest BCUT2D eigenvalue weighted by Crippen LogP contribution is 2.40. The van der Waals surface area contributed by atoms with Gasteiger partial charge < -0.3 is 0 Å². The van der Waals surface area contributed by atoms with Gasteiger partial charge in [-0.2, -0.15) is 0 Å². The molecule has 1 atom stereocenters. The van der Waals surface area contributed by atoms with Crippen LogP contribution in [0.5, 0.6) is 0 Å². The molecule has 1 aliphatic carbocycles. The Morgan fingerprint density at radius 3 is 2.70 bits per heavy atom. The largest absolute Gasteiger partial charge is 0.299 e. The van der Waals surface area contributed by atoms with Gasteiger partial charge in [0.25, 0.3) is 0 Å². The van der Waals surface area contributed by atoms with Crippen molar-refractivity contribution in [1.29, 1.82) is 0 Å². The van der Waals surface area contributed by atoms with E-state index in [2.05, 4.69) is 54.8 Å². The highest BCUT2D eigenvalue weighted by molar-refractivity contribution is 7.99. The Hall–Kier alpha value is -0.470. The van der Waals surface area contributed by atoms with Gasteiger partial charge in [-0.15, -0.1) is 11.8 Å². The monoisotopic (exact) mass is 289 g/mol. The van der Waals surface area contributed by atoms with Crippen molar-refractivity contribution in [2.75, 3.05) is 18.8 Å². The molecule has 20 heavy (non-hydrogen) atoms. The maximum absolute atomic E-state index is 2.81. The second kappa shape index (κ2) is 6.53. The molecule has 1 fully saturated rings. The molecule has 1 heterocycles. The summed E-state index contributed by atoms with van der Waals surface area (Å²) < 4.78 is 0. The van der Waals surface area contributed by atoms with Gasteiger partial charge in [0.15, 0.2) is 0 Å². The van der Waals surface area contributed by atoms with Crippen LogP contribution < -0.4 is 0 Å². The zero-order valence-electron chi connectivity index (χ0n) is 12.8. The van der Waals surface area contributed by atoms with E-state index in [9.17, 15) is 0 Å². The van der Waals surface area contributed by atoms with Gasteiger partial charge in [0.1, 0.15) is 0 Å². The van der Waals surface area contributed by atoms with Crippen LogP contribution in [0.4, 0.5) is 0 Å². The Bertz CT molecular complexity index is 437. The van der Waals surface area contributed by atoms with E-state index in [4.69, 9.17) is 0 Å². The average molecular weight is 289 g/mol. The topological polar surface area (TPSA) is 3.24 Å². The molecule has 1 aromatic rings. The van der Waals surface area contributed by atoms with E-state index in [0.717, 1.165) is 17.9 Å². The summed E-state index contributed by atoms with van der Waals surface area (Å²) in [6.07, 6.45) is 5.73. The summed E-state index contributed by atoms with van der Waals surface area (Å²) in [5.41, 5.74) is 1.60. The molecular formula is C18H27NS. The molecular weight excluding hydrogens is 262 g/mol. The molecule has 110 valence electrons. The molecule has 1 nitrogen and oxygen atoms in total. The quantitative estimate of drug-likeness (QED) is 0.767. The van der Waals surface area contributed by atoms with Crippen molar-refractivity contribution in [3.05, 3.63) is 29.8 Å². The van der Waals surface area contributed by atoms with Gasteiger partial charge in [-0.05, 0) is 30.4 Å². The van der Waals surface area contributed by atoms with Crippen molar-refractivity contribution in [2.24, 2.45) is 5.92 Å². The minimum atomic E-state index is 0.746. The second-order valence-corrected chi connectivity index (χ2v) is 7.89. The lowest BCUT2D eigenvalue weighted by atomic mass is 9.99. The molecule has 1 saturated carbocycles. The maximum atomic E-state index is 2.81. The lowest BCUT2D eigenvalue weighted by Crippen LogP contribution is -2.39. The number of benzene rings is 1. The molecule has 1 aliphatic heterocycles. The summed E-state index contributed by atoms with van der Waals surface area (Å²) in [6.45, 7) is 7.26. The molecule has 2 aliphatic rings. The minimum absolute atomic E-state index is 0.746. The average Bonchev–Trinajstić information content (AvgIpc) is 3.07. The molecule has 3 rings (SSSR count). The van der Waals surface area contributed by atoms with Gasteiger partial charge in [0.05, 0.1) is 0 Å². The van der Waals surface area contributed by atoms with Gasteiger partial charge in [0, 0.05) is 35.7 Å². The zero-order valence-corrected chi connectivity index (χ0v) is 13.7. The Morgan fingerprint density at radius 2 is 1.95 bits per heavy atom. The highest BCUT2D eigenvalue weighted by Gasteiger charge is 2.29.